The Morgan fingerprint density at radius 3 is 2.44 bits per heavy atom. The molecule has 0 aromatic rings. The Kier molecular flexibility index (Phi) is 4.40. The molecule has 7 heteroatoms. The quantitative estimate of drug-likeness (QED) is 0.728. The fraction of sp³-hybridized carbons (Fsp3) is 0.909. The molecule has 0 aromatic heterocycles. The van der Waals surface area contributed by atoms with Gasteiger partial charge in [0.15, 0.2) is 0 Å². The van der Waals surface area contributed by atoms with Crippen molar-refractivity contribution in [1.82, 2.24) is 9.62 Å². The highest BCUT2D eigenvalue weighted by Gasteiger charge is 2.35. The van der Waals surface area contributed by atoms with Gasteiger partial charge in [0.05, 0.1) is 12.3 Å². The standard InChI is InChI=1S/C11H23N3O3S/c1-11(2,3)9(12)10(15)14-6-5-8(7-14)13-18(4,16)17/h8-9,13H,5-7,12H2,1-4H3/t8?,9-/m1/s1. The van der Waals surface area contributed by atoms with E-state index >= 15 is 0 Å². The first-order chi connectivity index (χ1) is 8.00. The molecule has 0 spiro atoms. The van der Waals surface area contributed by atoms with Crippen LogP contribution in [0.5, 0.6) is 0 Å². The summed E-state index contributed by atoms with van der Waals surface area (Å²) in [6.45, 7) is 6.69. The molecule has 106 valence electrons. The second kappa shape index (κ2) is 5.14. The number of hydrogen-bond donors (Lipinski definition) is 2. The maximum Gasteiger partial charge on any atom is 0.240 e. The molecule has 1 fully saturated rings. The molecule has 1 aliphatic rings. The zero-order valence-corrected chi connectivity index (χ0v) is 12.3. The predicted octanol–water partition coefficient (Wildman–Crippen LogP) is -0.490. The normalized spacial score (nSPS) is 23.2. The lowest BCUT2D eigenvalue weighted by molar-refractivity contribution is -0.133. The highest BCUT2D eigenvalue weighted by Crippen LogP contribution is 2.21. The summed E-state index contributed by atoms with van der Waals surface area (Å²) in [4.78, 5) is 13.8. The van der Waals surface area contributed by atoms with Crippen molar-refractivity contribution in [2.24, 2.45) is 11.1 Å². The van der Waals surface area contributed by atoms with Crippen LogP contribution in [0, 0.1) is 5.41 Å². The van der Waals surface area contributed by atoms with Crippen LogP contribution in [0.2, 0.25) is 0 Å². The molecule has 0 radical (unpaired) electrons. The zero-order chi connectivity index (χ0) is 14.1. The molecule has 3 N–H and O–H groups in total. The van der Waals surface area contributed by atoms with Gasteiger partial charge in [0.25, 0.3) is 0 Å². The van der Waals surface area contributed by atoms with Gasteiger partial charge < -0.3 is 10.6 Å². The highest BCUT2D eigenvalue weighted by atomic mass is 32.2. The molecular formula is C11H23N3O3S. The van der Waals surface area contributed by atoms with Crippen molar-refractivity contribution in [2.45, 2.75) is 39.3 Å². The fourth-order valence-corrected chi connectivity index (χ4v) is 2.72. The summed E-state index contributed by atoms with van der Waals surface area (Å²) in [5.41, 5.74) is 5.62. The Labute approximate surface area is 109 Å². The first-order valence-electron chi connectivity index (χ1n) is 6.02. The van der Waals surface area contributed by atoms with Crippen LogP contribution in [0.4, 0.5) is 0 Å². The summed E-state index contributed by atoms with van der Waals surface area (Å²) in [5, 5.41) is 0. The van der Waals surface area contributed by atoms with Crippen LogP contribution in [0.3, 0.4) is 0 Å². The van der Waals surface area contributed by atoms with E-state index in [4.69, 9.17) is 5.73 Å². The van der Waals surface area contributed by atoms with Crippen molar-refractivity contribution in [2.75, 3.05) is 19.3 Å². The molecule has 0 saturated carbocycles. The molecule has 1 saturated heterocycles. The fourth-order valence-electron chi connectivity index (χ4n) is 1.93. The SMILES string of the molecule is CC(C)(C)[C@H](N)C(=O)N1CCC(NS(C)(=O)=O)C1. The van der Waals surface area contributed by atoms with Gasteiger partial charge >= 0.3 is 0 Å². The number of nitrogens with two attached hydrogens (primary N) is 1. The maximum absolute atomic E-state index is 12.1. The van der Waals surface area contributed by atoms with Gasteiger partial charge in [-0.05, 0) is 11.8 Å². The van der Waals surface area contributed by atoms with Crippen LogP contribution in [0.25, 0.3) is 0 Å². The molecule has 1 unspecified atom stereocenters. The third-order valence-corrected chi connectivity index (χ3v) is 3.84. The second-order valence-corrected chi connectivity index (χ2v) is 7.78. The van der Waals surface area contributed by atoms with Gasteiger partial charge in [0.1, 0.15) is 0 Å². The summed E-state index contributed by atoms with van der Waals surface area (Å²) in [5.74, 6) is -0.111. The number of nitrogens with one attached hydrogen (secondary N) is 1. The van der Waals surface area contributed by atoms with Gasteiger partial charge in [-0.2, -0.15) is 0 Å². The first kappa shape index (κ1) is 15.4. The summed E-state index contributed by atoms with van der Waals surface area (Å²) in [6, 6.07) is -0.759. The Bertz CT molecular complexity index is 414. The zero-order valence-electron chi connectivity index (χ0n) is 11.4. The lowest BCUT2D eigenvalue weighted by Crippen LogP contribution is -2.50. The molecule has 0 aliphatic carbocycles. The van der Waals surface area contributed by atoms with Crippen LogP contribution in [-0.4, -0.2) is 50.7 Å². The van der Waals surface area contributed by atoms with Crippen molar-refractivity contribution in [3.05, 3.63) is 0 Å². The molecule has 1 rings (SSSR count). The van der Waals surface area contributed by atoms with E-state index in [-0.39, 0.29) is 17.4 Å². The van der Waals surface area contributed by atoms with Crippen LogP contribution in [0.15, 0.2) is 0 Å². The van der Waals surface area contributed by atoms with E-state index < -0.39 is 16.1 Å². The van der Waals surface area contributed by atoms with Crippen molar-refractivity contribution in [3.8, 4) is 0 Å². The minimum atomic E-state index is -3.22. The van der Waals surface area contributed by atoms with Crippen LogP contribution in [-0.2, 0) is 14.8 Å². The van der Waals surface area contributed by atoms with Crippen LogP contribution < -0.4 is 10.5 Å². The lowest BCUT2D eigenvalue weighted by atomic mass is 9.86. The number of carbonyl (C=O) groups excluding carboxylic acids is 1. The van der Waals surface area contributed by atoms with E-state index in [1.165, 1.54) is 0 Å². The molecule has 18 heavy (non-hydrogen) atoms. The van der Waals surface area contributed by atoms with Crippen molar-refractivity contribution >= 4 is 15.9 Å². The molecule has 2 atom stereocenters. The van der Waals surface area contributed by atoms with Gasteiger partial charge in [-0.25, -0.2) is 13.1 Å². The van der Waals surface area contributed by atoms with Crippen LogP contribution in [0.1, 0.15) is 27.2 Å². The van der Waals surface area contributed by atoms with E-state index in [0.29, 0.717) is 19.5 Å². The molecule has 0 aromatic carbocycles. The number of rotatable bonds is 3. The van der Waals surface area contributed by atoms with Gasteiger partial charge in [0, 0.05) is 19.1 Å². The minimum Gasteiger partial charge on any atom is -0.340 e. The van der Waals surface area contributed by atoms with Crippen molar-refractivity contribution in [1.29, 1.82) is 0 Å². The minimum absolute atomic E-state index is 0.111. The number of likely N-dealkylation sites (tertiary alicyclic amines) is 1. The van der Waals surface area contributed by atoms with E-state index in [2.05, 4.69) is 4.72 Å². The van der Waals surface area contributed by atoms with Crippen LogP contribution >= 0.6 is 0 Å². The maximum atomic E-state index is 12.1. The smallest absolute Gasteiger partial charge is 0.240 e. The Morgan fingerprint density at radius 2 is 2.00 bits per heavy atom. The predicted molar refractivity (Wildman–Crippen MR) is 70.4 cm³/mol. The number of hydrogen-bond acceptors (Lipinski definition) is 4. The second-order valence-electron chi connectivity index (χ2n) is 6.00. The molecule has 0 bridgehead atoms. The van der Waals surface area contributed by atoms with E-state index in [9.17, 15) is 13.2 Å². The van der Waals surface area contributed by atoms with Crippen molar-refractivity contribution < 1.29 is 13.2 Å². The summed E-state index contributed by atoms with van der Waals surface area (Å²) in [6.07, 6.45) is 1.76. The third kappa shape index (κ3) is 4.22. The Balaban J connectivity index is 2.60. The lowest BCUT2D eigenvalue weighted by Gasteiger charge is -2.29. The molecule has 6 nitrogen and oxygen atoms in total. The average molecular weight is 277 g/mol. The summed E-state index contributed by atoms with van der Waals surface area (Å²) in [7, 11) is -3.22. The monoisotopic (exact) mass is 277 g/mol. The number of amides is 1. The van der Waals surface area contributed by atoms with E-state index in [1.54, 1.807) is 4.90 Å². The van der Waals surface area contributed by atoms with Crippen molar-refractivity contribution in [3.63, 3.8) is 0 Å². The topological polar surface area (TPSA) is 92.5 Å². The number of nitrogens with zero attached hydrogens (tertiary/aromatic N) is 1. The molecule has 1 heterocycles. The first-order valence-corrected chi connectivity index (χ1v) is 7.91. The van der Waals surface area contributed by atoms with Gasteiger partial charge in [-0.3, -0.25) is 4.79 Å². The van der Waals surface area contributed by atoms with Gasteiger partial charge in [-0.15, -0.1) is 0 Å². The van der Waals surface area contributed by atoms with Gasteiger partial charge in [0.2, 0.25) is 15.9 Å². The van der Waals surface area contributed by atoms with E-state index in [0.717, 1.165) is 6.26 Å². The number of sulfonamides is 1. The molecule has 1 amide bonds. The largest absolute Gasteiger partial charge is 0.340 e. The summed E-state index contributed by atoms with van der Waals surface area (Å²) >= 11 is 0. The molecule has 1 aliphatic heterocycles. The summed E-state index contributed by atoms with van der Waals surface area (Å²) < 4.78 is 24.8. The van der Waals surface area contributed by atoms with E-state index in [1.807, 2.05) is 20.8 Å². The average Bonchev–Trinajstić information content (AvgIpc) is 2.59. The molecular weight excluding hydrogens is 254 g/mol. The highest BCUT2D eigenvalue weighted by molar-refractivity contribution is 7.88. The third-order valence-electron chi connectivity index (χ3n) is 3.08. The van der Waals surface area contributed by atoms with Gasteiger partial charge in [-0.1, -0.05) is 20.8 Å². The number of carbonyl (C=O) groups is 1. The Hall–Kier alpha value is -0.660. The Morgan fingerprint density at radius 1 is 1.44 bits per heavy atom.